The monoisotopic (exact) mass is 418 g/mol. The summed E-state index contributed by atoms with van der Waals surface area (Å²) >= 11 is 0. The molecule has 1 aromatic carbocycles. The van der Waals surface area contributed by atoms with Gasteiger partial charge in [-0.05, 0) is 54.8 Å². The summed E-state index contributed by atoms with van der Waals surface area (Å²) < 4.78 is 13.2. The Kier molecular flexibility index (Phi) is 5.81. The van der Waals surface area contributed by atoms with Crippen molar-refractivity contribution in [2.24, 2.45) is 0 Å². The van der Waals surface area contributed by atoms with Crippen molar-refractivity contribution in [2.45, 2.75) is 44.9 Å². The standard InChI is InChI=1S/C25H27FN4O/c1-25(2,3)24-28-16-21(17-8-12-27-13-9-17)22(29-24)18-10-14-30(15-11-18)23(31)19-4-6-20(26)7-5-19/h4-9,12-13,16,18H,10-11,14-15H2,1-3H3. The van der Waals surface area contributed by atoms with Gasteiger partial charge in [-0.2, -0.15) is 0 Å². The predicted molar refractivity (Wildman–Crippen MR) is 118 cm³/mol. The number of piperidine rings is 1. The molecule has 2 aromatic heterocycles. The number of carbonyl (C=O) groups is 1. The second-order valence-electron chi connectivity index (χ2n) is 9.05. The van der Waals surface area contributed by atoms with Crippen LogP contribution in [0.1, 0.15) is 61.4 Å². The molecule has 0 saturated carbocycles. The summed E-state index contributed by atoms with van der Waals surface area (Å²) in [6, 6.07) is 9.71. The van der Waals surface area contributed by atoms with E-state index in [1.165, 1.54) is 12.1 Å². The summed E-state index contributed by atoms with van der Waals surface area (Å²) in [6.07, 6.45) is 7.13. The molecule has 160 valence electrons. The van der Waals surface area contributed by atoms with E-state index in [1.807, 2.05) is 23.2 Å². The number of benzene rings is 1. The van der Waals surface area contributed by atoms with Gasteiger partial charge in [0.15, 0.2) is 0 Å². The minimum atomic E-state index is -0.336. The van der Waals surface area contributed by atoms with Gasteiger partial charge in [-0.25, -0.2) is 14.4 Å². The van der Waals surface area contributed by atoms with E-state index >= 15 is 0 Å². The third-order valence-corrected chi connectivity index (χ3v) is 5.74. The van der Waals surface area contributed by atoms with Crippen molar-refractivity contribution in [3.05, 3.63) is 77.9 Å². The summed E-state index contributed by atoms with van der Waals surface area (Å²) in [5.74, 6) is 0.679. The number of hydrogen-bond acceptors (Lipinski definition) is 4. The molecular weight excluding hydrogens is 391 g/mol. The van der Waals surface area contributed by atoms with Crippen LogP contribution in [0, 0.1) is 5.82 Å². The molecular formula is C25H27FN4O. The van der Waals surface area contributed by atoms with Crippen molar-refractivity contribution in [3.63, 3.8) is 0 Å². The van der Waals surface area contributed by atoms with Crippen LogP contribution in [0.25, 0.3) is 11.1 Å². The van der Waals surface area contributed by atoms with Crippen LogP contribution in [-0.2, 0) is 5.41 Å². The largest absolute Gasteiger partial charge is 0.339 e. The molecule has 6 heteroatoms. The third kappa shape index (κ3) is 4.63. The topological polar surface area (TPSA) is 59.0 Å². The minimum absolute atomic E-state index is 0.0501. The van der Waals surface area contributed by atoms with Crippen LogP contribution in [0.5, 0.6) is 0 Å². The zero-order valence-corrected chi connectivity index (χ0v) is 18.2. The molecule has 1 saturated heterocycles. The number of nitrogens with zero attached hydrogens (tertiary/aromatic N) is 4. The van der Waals surface area contributed by atoms with E-state index in [0.29, 0.717) is 18.7 Å². The average Bonchev–Trinajstić information content (AvgIpc) is 2.79. The highest BCUT2D eigenvalue weighted by Gasteiger charge is 2.29. The molecule has 0 N–H and O–H groups in total. The van der Waals surface area contributed by atoms with Gasteiger partial charge in [0.05, 0.1) is 5.69 Å². The van der Waals surface area contributed by atoms with Crippen LogP contribution in [-0.4, -0.2) is 38.8 Å². The molecule has 0 unspecified atom stereocenters. The van der Waals surface area contributed by atoms with Crippen LogP contribution in [0.3, 0.4) is 0 Å². The van der Waals surface area contributed by atoms with Gasteiger partial charge in [0.25, 0.3) is 5.91 Å². The Morgan fingerprint density at radius 3 is 2.29 bits per heavy atom. The average molecular weight is 419 g/mol. The number of hydrogen-bond donors (Lipinski definition) is 0. The molecule has 3 aromatic rings. The molecule has 4 rings (SSSR count). The predicted octanol–water partition coefficient (Wildman–Crippen LogP) is 5.00. The molecule has 0 bridgehead atoms. The lowest BCUT2D eigenvalue weighted by molar-refractivity contribution is 0.0712. The maximum Gasteiger partial charge on any atom is 0.253 e. The molecule has 0 aliphatic carbocycles. The van der Waals surface area contributed by atoms with Crippen LogP contribution in [0.15, 0.2) is 55.0 Å². The first-order chi connectivity index (χ1) is 14.8. The normalized spacial score (nSPS) is 15.2. The maximum atomic E-state index is 13.2. The van der Waals surface area contributed by atoms with E-state index < -0.39 is 0 Å². The first-order valence-electron chi connectivity index (χ1n) is 10.7. The highest BCUT2D eigenvalue weighted by molar-refractivity contribution is 5.94. The van der Waals surface area contributed by atoms with E-state index in [0.717, 1.165) is 35.5 Å². The summed E-state index contributed by atoms with van der Waals surface area (Å²) in [5.41, 5.74) is 3.49. The van der Waals surface area contributed by atoms with E-state index in [4.69, 9.17) is 4.98 Å². The van der Waals surface area contributed by atoms with Crippen LogP contribution in [0.2, 0.25) is 0 Å². The summed E-state index contributed by atoms with van der Waals surface area (Å²) in [7, 11) is 0. The minimum Gasteiger partial charge on any atom is -0.339 e. The Labute approximate surface area is 182 Å². The molecule has 5 nitrogen and oxygen atoms in total. The molecule has 1 aliphatic rings. The second-order valence-corrected chi connectivity index (χ2v) is 9.05. The van der Waals surface area contributed by atoms with Crippen molar-refractivity contribution in [3.8, 4) is 11.1 Å². The highest BCUT2D eigenvalue weighted by Crippen LogP contribution is 2.35. The smallest absolute Gasteiger partial charge is 0.253 e. The molecule has 31 heavy (non-hydrogen) atoms. The molecule has 0 radical (unpaired) electrons. The molecule has 1 aliphatic heterocycles. The fourth-order valence-corrected chi connectivity index (χ4v) is 3.95. The summed E-state index contributed by atoms with van der Waals surface area (Å²) in [4.78, 5) is 28.4. The Balaban J connectivity index is 1.58. The first kappa shape index (κ1) is 21.1. The quantitative estimate of drug-likeness (QED) is 0.601. The maximum absolute atomic E-state index is 13.2. The lowest BCUT2D eigenvalue weighted by atomic mass is 9.87. The van der Waals surface area contributed by atoms with Crippen molar-refractivity contribution >= 4 is 5.91 Å². The van der Waals surface area contributed by atoms with Crippen LogP contribution >= 0.6 is 0 Å². The Morgan fingerprint density at radius 2 is 1.68 bits per heavy atom. The van der Waals surface area contributed by atoms with Crippen LogP contribution < -0.4 is 0 Å². The van der Waals surface area contributed by atoms with Crippen molar-refractivity contribution in [2.75, 3.05) is 13.1 Å². The Morgan fingerprint density at radius 1 is 1.03 bits per heavy atom. The van der Waals surface area contributed by atoms with Gasteiger partial charge in [0, 0.05) is 54.1 Å². The zero-order valence-electron chi connectivity index (χ0n) is 18.2. The Bertz CT molecular complexity index is 1050. The molecule has 0 atom stereocenters. The third-order valence-electron chi connectivity index (χ3n) is 5.74. The summed E-state index contributed by atoms with van der Waals surface area (Å²) in [6.45, 7) is 7.63. The van der Waals surface area contributed by atoms with E-state index in [2.05, 4.69) is 30.7 Å². The van der Waals surface area contributed by atoms with Gasteiger partial charge in [-0.1, -0.05) is 20.8 Å². The van der Waals surface area contributed by atoms with Crippen molar-refractivity contribution in [1.29, 1.82) is 0 Å². The van der Waals surface area contributed by atoms with Gasteiger partial charge < -0.3 is 4.90 Å². The fourth-order valence-electron chi connectivity index (χ4n) is 3.95. The Hall–Kier alpha value is -3.15. The number of amides is 1. The second kappa shape index (κ2) is 8.53. The van der Waals surface area contributed by atoms with E-state index in [-0.39, 0.29) is 23.1 Å². The number of rotatable bonds is 3. The van der Waals surface area contributed by atoms with Gasteiger partial charge in [-0.3, -0.25) is 9.78 Å². The van der Waals surface area contributed by atoms with E-state index in [1.54, 1.807) is 24.5 Å². The number of pyridine rings is 1. The van der Waals surface area contributed by atoms with Crippen LogP contribution in [0.4, 0.5) is 4.39 Å². The van der Waals surface area contributed by atoms with Gasteiger partial charge in [0.2, 0.25) is 0 Å². The number of likely N-dealkylation sites (tertiary alicyclic amines) is 1. The van der Waals surface area contributed by atoms with Crippen molar-refractivity contribution in [1.82, 2.24) is 19.9 Å². The number of halogens is 1. The SMILES string of the molecule is CC(C)(C)c1ncc(-c2ccncc2)c(C2CCN(C(=O)c3ccc(F)cc3)CC2)n1. The zero-order chi connectivity index (χ0) is 22.0. The van der Waals surface area contributed by atoms with Gasteiger partial charge >= 0.3 is 0 Å². The van der Waals surface area contributed by atoms with Crippen molar-refractivity contribution < 1.29 is 9.18 Å². The number of aromatic nitrogens is 3. The molecule has 1 fully saturated rings. The molecule has 1 amide bonds. The first-order valence-corrected chi connectivity index (χ1v) is 10.7. The van der Waals surface area contributed by atoms with E-state index in [9.17, 15) is 9.18 Å². The molecule has 0 spiro atoms. The summed E-state index contributed by atoms with van der Waals surface area (Å²) in [5, 5.41) is 0. The lowest BCUT2D eigenvalue weighted by Gasteiger charge is -2.33. The fraction of sp³-hybridized carbons (Fsp3) is 0.360. The lowest BCUT2D eigenvalue weighted by Crippen LogP contribution is -2.38. The molecule has 3 heterocycles. The highest BCUT2D eigenvalue weighted by atomic mass is 19.1. The van der Waals surface area contributed by atoms with Gasteiger partial charge in [0.1, 0.15) is 11.6 Å². The van der Waals surface area contributed by atoms with Gasteiger partial charge in [-0.15, -0.1) is 0 Å². The number of carbonyl (C=O) groups excluding carboxylic acids is 1.